The second-order valence-electron chi connectivity index (χ2n) is 4.75. The molecule has 0 spiro atoms. The van der Waals surface area contributed by atoms with Crippen LogP contribution in [0.25, 0.3) is 0 Å². The summed E-state index contributed by atoms with van der Waals surface area (Å²) in [6.45, 7) is 1.78. The monoisotopic (exact) mass is 261 g/mol. The Morgan fingerprint density at radius 1 is 1.58 bits per heavy atom. The molecule has 5 heteroatoms. The Labute approximate surface area is 113 Å². The van der Waals surface area contributed by atoms with E-state index >= 15 is 0 Å². The van der Waals surface area contributed by atoms with Crippen molar-refractivity contribution in [1.82, 2.24) is 10.2 Å². The number of nitrogens with zero attached hydrogens (tertiary/aromatic N) is 2. The van der Waals surface area contributed by atoms with Gasteiger partial charge in [0.1, 0.15) is 5.76 Å². The lowest BCUT2D eigenvalue weighted by Gasteiger charge is -2.29. The van der Waals surface area contributed by atoms with E-state index in [1.165, 1.54) is 0 Å². The molecule has 1 fully saturated rings. The van der Waals surface area contributed by atoms with Gasteiger partial charge in [-0.15, -0.1) is 0 Å². The van der Waals surface area contributed by atoms with Crippen LogP contribution in [0.1, 0.15) is 31.4 Å². The number of nitrogens with one attached hydrogen (secondary N) is 1. The van der Waals surface area contributed by atoms with Crippen molar-refractivity contribution >= 4 is 5.91 Å². The SMILES string of the molecule is N#CCCN(Cc1ccco1)C(=O)C1CCCCN1. The molecule has 1 aromatic heterocycles. The zero-order chi connectivity index (χ0) is 13.5. The summed E-state index contributed by atoms with van der Waals surface area (Å²) in [5.41, 5.74) is 0. The molecular formula is C14H19N3O2. The average molecular weight is 261 g/mol. The first-order valence-electron chi connectivity index (χ1n) is 6.73. The van der Waals surface area contributed by atoms with Crippen molar-refractivity contribution in [1.29, 1.82) is 5.26 Å². The van der Waals surface area contributed by atoms with Crippen molar-refractivity contribution in [2.24, 2.45) is 0 Å². The number of carbonyl (C=O) groups excluding carboxylic acids is 1. The van der Waals surface area contributed by atoms with Crippen LogP contribution in [0, 0.1) is 11.3 Å². The van der Waals surface area contributed by atoms with Gasteiger partial charge in [-0.2, -0.15) is 5.26 Å². The summed E-state index contributed by atoms with van der Waals surface area (Å²) in [6.07, 6.45) is 5.02. The second-order valence-corrected chi connectivity index (χ2v) is 4.75. The van der Waals surface area contributed by atoms with Gasteiger partial charge in [0.05, 0.1) is 31.3 Å². The molecule has 1 atom stereocenters. The van der Waals surface area contributed by atoms with Crippen LogP contribution in [-0.4, -0.2) is 29.9 Å². The second kappa shape index (κ2) is 6.95. The number of rotatable bonds is 5. The van der Waals surface area contributed by atoms with Crippen LogP contribution in [0.5, 0.6) is 0 Å². The average Bonchev–Trinajstić information content (AvgIpc) is 2.96. The zero-order valence-corrected chi connectivity index (χ0v) is 11.0. The molecule has 5 nitrogen and oxygen atoms in total. The third kappa shape index (κ3) is 3.83. The van der Waals surface area contributed by atoms with E-state index in [9.17, 15) is 4.79 Å². The van der Waals surface area contributed by atoms with Crippen molar-refractivity contribution in [3.05, 3.63) is 24.2 Å². The minimum atomic E-state index is -0.109. The summed E-state index contributed by atoms with van der Waals surface area (Å²) < 4.78 is 5.28. The van der Waals surface area contributed by atoms with Gasteiger partial charge in [0.25, 0.3) is 0 Å². The number of hydrogen-bond acceptors (Lipinski definition) is 4. The lowest BCUT2D eigenvalue weighted by Crippen LogP contribution is -2.48. The standard InChI is InChI=1S/C14H19N3O2/c15-7-4-9-17(11-12-5-3-10-19-12)14(18)13-6-1-2-8-16-13/h3,5,10,13,16H,1-2,4,6,8-9,11H2. The van der Waals surface area contributed by atoms with Crippen LogP contribution in [0.4, 0.5) is 0 Å². The van der Waals surface area contributed by atoms with Crippen molar-refractivity contribution < 1.29 is 9.21 Å². The Kier molecular flexibility index (Phi) is 4.99. The van der Waals surface area contributed by atoms with E-state index in [4.69, 9.17) is 9.68 Å². The Bertz CT molecular complexity index is 430. The molecule has 0 aliphatic carbocycles. The highest BCUT2D eigenvalue weighted by atomic mass is 16.3. The van der Waals surface area contributed by atoms with E-state index in [1.807, 2.05) is 6.07 Å². The highest BCUT2D eigenvalue weighted by Gasteiger charge is 2.25. The van der Waals surface area contributed by atoms with Gasteiger partial charge in [-0.05, 0) is 31.5 Å². The Morgan fingerprint density at radius 2 is 2.47 bits per heavy atom. The van der Waals surface area contributed by atoms with E-state index in [1.54, 1.807) is 17.2 Å². The van der Waals surface area contributed by atoms with Crippen LogP contribution in [0.2, 0.25) is 0 Å². The molecule has 1 aromatic rings. The van der Waals surface area contributed by atoms with Crippen molar-refractivity contribution in [3.63, 3.8) is 0 Å². The minimum Gasteiger partial charge on any atom is -0.467 e. The summed E-state index contributed by atoms with van der Waals surface area (Å²) in [7, 11) is 0. The fraction of sp³-hybridized carbons (Fsp3) is 0.571. The van der Waals surface area contributed by atoms with Gasteiger partial charge in [0.15, 0.2) is 0 Å². The van der Waals surface area contributed by atoms with Gasteiger partial charge in [-0.3, -0.25) is 4.79 Å². The first-order chi connectivity index (χ1) is 9.31. The molecule has 19 heavy (non-hydrogen) atoms. The summed E-state index contributed by atoms with van der Waals surface area (Å²) in [4.78, 5) is 14.2. The van der Waals surface area contributed by atoms with E-state index in [0.29, 0.717) is 19.5 Å². The van der Waals surface area contributed by atoms with Gasteiger partial charge in [0.2, 0.25) is 5.91 Å². The van der Waals surface area contributed by atoms with Crippen LogP contribution >= 0.6 is 0 Å². The number of amides is 1. The van der Waals surface area contributed by atoms with E-state index < -0.39 is 0 Å². The van der Waals surface area contributed by atoms with Crippen molar-refractivity contribution in [2.75, 3.05) is 13.1 Å². The molecule has 2 heterocycles. The lowest BCUT2D eigenvalue weighted by molar-refractivity contribution is -0.134. The van der Waals surface area contributed by atoms with Crippen LogP contribution in [0.3, 0.4) is 0 Å². The van der Waals surface area contributed by atoms with Crippen LogP contribution < -0.4 is 5.32 Å². The third-order valence-electron chi connectivity index (χ3n) is 3.34. The Hall–Kier alpha value is -1.80. The van der Waals surface area contributed by atoms with E-state index in [-0.39, 0.29) is 11.9 Å². The normalized spacial score (nSPS) is 18.8. The summed E-state index contributed by atoms with van der Waals surface area (Å²) in [5.74, 6) is 0.827. The number of carbonyl (C=O) groups is 1. The predicted molar refractivity (Wildman–Crippen MR) is 70.0 cm³/mol. The Morgan fingerprint density at radius 3 is 3.11 bits per heavy atom. The third-order valence-corrected chi connectivity index (χ3v) is 3.34. The molecule has 1 aliphatic rings. The highest BCUT2D eigenvalue weighted by molar-refractivity contribution is 5.82. The minimum absolute atomic E-state index is 0.0753. The quantitative estimate of drug-likeness (QED) is 0.875. The molecular weight excluding hydrogens is 242 g/mol. The van der Waals surface area contributed by atoms with Gasteiger partial charge in [-0.1, -0.05) is 6.42 Å². The summed E-state index contributed by atoms with van der Waals surface area (Å²) >= 11 is 0. The van der Waals surface area contributed by atoms with Crippen molar-refractivity contribution in [2.45, 2.75) is 38.3 Å². The number of nitriles is 1. The summed E-state index contributed by atoms with van der Waals surface area (Å²) in [6, 6.07) is 5.64. The lowest BCUT2D eigenvalue weighted by atomic mass is 10.0. The highest BCUT2D eigenvalue weighted by Crippen LogP contribution is 2.13. The molecule has 0 saturated carbocycles. The first-order valence-corrected chi connectivity index (χ1v) is 6.73. The predicted octanol–water partition coefficient (Wildman–Crippen LogP) is 1.66. The maximum absolute atomic E-state index is 12.4. The van der Waals surface area contributed by atoms with Crippen LogP contribution in [-0.2, 0) is 11.3 Å². The topological polar surface area (TPSA) is 69.3 Å². The van der Waals surface area contributed by atoms with Crippen LogP contribution in [0.15, 0.2) is 22.8 Å². The molecule has 0 radical (unpaired) electrons. The molecule has 1 aliphatic heterocycles. The molecule has 0 aromatic carbocycles. The fourth-order valence-electron chi connectivity index (χ4n) is 2.33. The fourth-order valence-corrected chi connectivity index (χ4v) is 2.33. The molecule has 1 unspecified atom stereocenters. The van der Waals surface area contributed by atoms with E-state index in [2.05, 4.69) is 11.4 Å². The maximum atomic E-state index is 12.4. The zero-order valence-electron chi connectivity index (χ0n) is 11.0. The smallest absolute Gasteiger partial charge is 0.240 e. The molecule has 1 N–H and O–H groups in total. The number of hydrogen-bond donors (Lipinski definition) is 1. The molecule has 102 valence electrons. The molecule has 1 amide bonds. The Balaban J connectivity index is 1.99. The maximum Gasteiger partial charge on any atom is 0.240 e. The largest absolute Gasteiger partial charge is 0.467 e. The molecule has 1 saturated heterocycles. The number of piperidine rings is 1. The van der Waals surface area contributed by atoms with Crippen molar-refractivity contribution in [3.8, 4) is 6.07 Å². The van der Waals surface area contributed by atoms with Gasteiger partial charge in [-0.25, -0.2) is 0 Å². The summed E-state index contributed by atoms with van der Waals surface area (Å²) in [5, 5.41) is 12.0. The van der Waals surface area contributed by atoms with E-state index in [0.717, 1.165) is 31.6 Å². The van der Waals surface area contributed by atoms with Gasteiger partial charge in [0, 0.05) is 6.54 Å². The van der Waals surface area contributed by atoms with Gasteiger partial charge < -0.3 is 14.6 Å². The van der Waals surface area contributed by atoms with Gasteiger partial charge >= 0.3 is 0 Å². The first kappa shape index (κ1) is 13.6. The number of furan rings is 1. The molecule has 2 rings (SSSR count). The molecule has 0 bridgehead atoms.